The van der Waals surface area contributed by atoms with Gasteiger partial charge < -0.3 is 21.7 Å². The molecule has 164 valence electrons. The van der Waals surface area contributed by atoms with Crippen LogP contribution in [0.3, 0.4) is 0 Å². The second-order valence-corrected chi connectivity index (χ2v) is 9.51. The number of fused-ring (bicyclic) bond motifs is 1. The maximum absolute atomic E-state index is 12.7. The zero-order valence-electron chi connectivity index (χ0n) is 17.9. The summed E-state index contributed by atoms with van der Waals surface area (Å²) < 4.78 is 0. The Morgan fingerprint density at radius 2 is 1.83 bits per heavy atom. The van der Waals surface area contributed by atoms with Crippen LogP contribution in [0, 0.1) is 17.8 Å². The molecule has 1 aromatic carbocycles. The van der Waals surface area contributed by atoms with Crippen molar-refractivity contribution in [3.63, 3.8) is 0 Å². The van der Waals surface area contributed by atoms with E-state index in [0.29, 0.717) is 42.0 Å². The standard InChI is InChI=1S/C24H36N4O2/c25-14-16-5-4-6-17(11-16)15-26-24(30)19-9-10-20-22(12-19)28-23(29)13-21(27-20)18-7-2-1-3-8-18/h9-10,12,16-18,21,27H,1-8,11,13-15,25H2,(H,26,30)(H,28,29). The summed E-state index contributed by atoms with van der Waals surface area (Å²) in [4.78, 5) is 25.2. The van der Waals surface area contributed by atoms with Crippen molar-refractivity contribution in [2.75, 3.05) is 23.7 Å². The van der Waals surface area contributed by atoms with Crippen LogP contribution in [0.2, 0.25) is 0 Å². The van der Waals surface area contributed by atoms with E-state index < -0.39 is 0 Å². The summed E-state index contributed by atoms with van der Waals surface area (Å²) in [5.74, 6) is 1.60. The number of carbonyl (C=O) groups is 2. The van der Waals surface area contributed by atoms with E-state index in [-0.39, 0.29) is 17.9 Å². The van der Waals surface area contributed by atoms with Crippen molar-refractivity contribution in [1.82, 2.24) is 5.32 Å². The van der Waals surface area contributed by atoms with Crippen LogP contribution < -0.4 is 21.7 Å². The Morgan fingerprint density at radius 3 is 2.63 bits per heavy atom. The van der Waals surface area contributed by atoms with Crippen molar-refractivity contribution in [3.8, 4) is 0 Å². The Hall–Kier alpha value is -2.08. The summed E-state index contributed by atoms with van der Waals surface area (Å²) in [7, 11) is 0. The lowest BCUT2D eigenvalue weighted by atomic mass is 9.81. The van der Waals surface area contributed by atoms with Gasteiger partial charge in [0, 0.05) is 24.6 Å². The zero-order valence-corrected chi connectivity index (χ0v) is 17.9. The molecule has 6 heteroatoms. The van der Waals surface area contributed by atoms with Crippen LogP contribution in [0.25, 0.3) is 0 Å². The molecule has 3 unspecified atom stereocenters. The van der Waals surface area contributed by atoms with Crippen molar-refractivity contribution in [2.45, 2.75) is 70.3 Å². The SMILES string of the molecule is NCC1CCCC(CNC(=O)c2ccc3c(c2)NC(=O)CC(C2CCCCC2)N3)C1. The maximum Gasteiger partial charge on any atom is 0.251 e. The molecule has 5 N–H and O–H groups in total. The van der Waals surface area contributed by atoms with Crippen LogP contribution in [0.5, 0.6) is 0 Å². The fourth-order valence-electron chi connectivity index (χ4n) is 5.53. The first-order valence-electron chi connectivity index (χ1n) is 11.8. The molecule has 3 aliphatic rings. The van der Waals surface area contributed by atoms with Crippen molar-refractivity contribution in [1.29, 1.82) is 0 Å². The van der Waals surface area contributed by atoms with Crippen LogP contribution in [0.1, 0.15) is 74.6 Å². The number of benzene rings is 1. The second kappa shape index (κ2) is 9.82. The largest absolute Gasteiger partial charge is 0.380 e. The molecule has 2 fully saturated rings. The molecule has 0 spiro atoms. The van der Waals surface area contributed by atoms with Gasteiger partial charge in [0.05, 0.1) is 11.4 Å². The molecule has 1 aromatic rings. The number of hydrogen-bond acceptors (Lipinski definition) is 4. The first kappa shape index (κ1) is 21.2. The summed E-state index contributed by atoms with van der Waals surface area (Å²) in [5, 5.41) is 9.70. The molecule has 3 atom stereocenters. The van der Waals surface area contributed by atoms with E-state index in [0.717, 1.165) is 25.1 Å². The maximum atomic E-state index is 12.7. The van der Waals surface area contributed by atoms with Gasteiger partial charge in [-0.2, -0.15) is 0 Å². The fourth-order valence-corrected chi connectivity index (χ4v) is 5.53. The first-order chi connectivity index (χ1) is 14.6. The third kappa shape index (κ3) is 5.15. The molecule has 1 heterocycles. The molecule has 0 radical (unpaired) electrons. The molecule has 0 bridgehead atoms. The minimum atomic E-state index is -0.0741. The van der Waals surface area contributed by atoms with Crippen LogP contribution in [-0.2, 0) is 4.79 Å². The van der Waals surface area contributed by atoms with Crippen molar-refractivity contribution < 1.29 is 9.59 Å². The monoisotopic (exact) mass is 412 g/mol. The fraction of sp³-hybridized carbons (Fsp3) is 0.667. The Kier molecular flexibility index (Phi) is 6.93. The molecular formula is C24H36N4O2. The zero-order chi connectivity index (χ0) is 20.9. The predicted octanol–water partition coefficient (Wildman–Crippen LogP) is 3.88. The highest BCUT2D eigenvalue weighted by Crippen LogP contribution is 2.34. The highest BCUT2D eigenvalue weighted by Gasteiger charge is 2.29. The molecule has 2 aliphatic carbocycles. The third-order valence-corrected chi connectivity index (χ3v) is 7.30. The van der Waals surface area contributed by atoms with Crippen molar-refractivity contribution in [3.05, 3.63) is 23.8 Å². The van der Waals surface area contributed by atoms with Gasteiger partial charge in [0.1, 0.15) is 0 Å². The minimum absolute atomic E-state index is 0.0319. The second-order valence-electron chi connectivity index (χ2n) is 9.51. The molecule has 1 aliphatic heterocycles. The molecule has 0 aromatic heterocycles. The average molecular weight is 413 g/mol. The number of hydrogen-bond donors (Lipinski definition) is 4. The van der Waals surface area contributed by atoms with E-state index >= 15 is 0 Å². The lowest BCUT2D eigenvalue weighted by Gasteiger charge is -2.30. The summed E-state index contributed by atoms with van der Waals surface area (Å²) in [5.41, 5.74) is 8.06. The van der Waals surface area contributed by atoms with Crippen LogP contribution >= 0.6 is 0 Å². The number of amides is 2. The van der Waals surface area contributed by atoms with Gasteiger partial charge in [-0.3, -0.25) is 9.59 Å². The summed E-state index contributed by atoms with van der Waals surface area (Å²) in [6.07, 6.45) is 11.3. The summed E-state index contributed by atoms with van der Waals surface area (Å²) >= 11 is 0. The smallest absolute Gasteiger partial charge is 0.251 e. The molecule has 2 amide bonds. The van der Waals surface area contributed by atoms with Crippen molar-refractivity contribution in [2.24, 2.45) is 23.5 Å². The number of nitrogens with one attached hydrogen (secondary N) is 3. The van der Waals surface area contributed by atoms with E-state index in [9.17, 15) is 9.59 Å². The summed E-state index contributed by atoms with van der Waals surface area (Å²) in [6, 6.07) is 5.78. The highest BCUT2D eigenvalue weighted by molar-refractivity contribution is 6.01. The lowest BCUT2D eigenvalue weighted by molar-refractivity contribution is -0.116. The Labute approximate surface area is 179 Å². The topological polar surface area (TPSA) is 96.2 Å². The number of nitrogens with two attached hydrogens (primary N) is 1. The highest BCUT2D eigenvalue weighted by atomic mass is 16.2. The van der Waals surface area contributed by atoms with E-state index in [4.69, 9.17) is 5.73 Å². The molecule has 4 rings (SSSR count). The van der Waals surface area contributed by atoms with Gasteiger partial charge in [0.2, 0.25) is 5.91 Å². The van der Waals surface area contributed by atoms with Gasteiger partial charge in [-0.1, -0.05) is 25.7 Å². The van der Waals surface area contributed by atoms with Crippen LogP contribution in [-0.4, -0.2) is 30.9 Å². The Balaban J connectivity index is 1.39. The van der Waals surface area contributed by atoms with Gasteiger partial charge in [0.25, 0.3) is 5.91 Å². The molecule has 30 heavy (non-hydrogen) atoms. The number of anilines is 2. The predicted molar refractivity (Wildman–Crippen MR) is 121 cm³/mol. The number of carbonyl (C=O) groups excluding carboxylic acids is 2. The van der Waals surface area contributed by atoms with Crippen molar-refractivity contribution >= 4 is 23.2 Å². The van der Waals surface area contributed by atoms with Gasteiger partial charge in [-0.25, -0.2) is 0 Å². The van der Waals surface area contributed by atoms with Crippen LogP contribution in [0.4, 0.5) is 11.4 Å². The number of rotatable bonds is 5. The Morgan fingerprint density at radius 1 is 1.03 bits per heavy atom. The van der Waals surface area contributed by atoms with Gasteiger partial charge in [0.15, 0.2) is 0 Å². The lowest BCUT2D eigenvalue weighted by Crippen LogP contribution is -2.33. The molecule has 0 saturated heterocycles. The van der Waals surface area contributed by atoms with Gasteiger partial charge >= 0.3 is 0 Å². The minimum Gasteiger partial charge on any atom is -0.380 e. The first-order valence-corrected chi connectivity index (χ1v) is 11.8. The molecule has 6 nitrogen and oxygen atoms in total. The summed E-state index contributed by atoms with van der Waals surface area (Å²) in [6.45, 7) is 1.44. The molecule has 2 saturated carbocycles. The van der Waals surface area contributed by atoms with Gasteiger partial charge in [-0.15, -0.1) is 0 Å². The quantitative estimate of drug-likeness (QED) is 0.590. The molecular weight excluding hydrogens is 376 g/mol. The van der Waals surface area contributed by atoms with E-state index in [2.05, 4.69) is 16.0 Å². The third-order valence-electron chi connectivity index (χ3n) is 7.30. The van der Waals surface area contributed by atoms with E-state index in [1.54, 1.807) is 0 Å². The average Bonchev–Trinajstić information content (AvgIpc) is 2.95. The van der Waals surface area contributed by atoms with Gasteiger partial charge in [-0.05, 0) is 74.6 Å². The van der Waals surface area contributed by atoms with Crippen LogP contribution in [0.15, 0.2) is 18.2 Å². The van der Waals surface area contributed by atoms with E-state index in [1.165, 1.54) is 44.9 Å². The van der Waals surface area contributed by atoms with E-state index in [1.807, 2.05) is 18.2 Å². The Bertz CT molecular complexity index is 760. The normalized spacial score (nSPS) is 27.4.